The minimum absolute atomic E-state index is 0.725. The average molecular weight is 306 g/mol. The summed E-state index contributed by atoms with van der Waals surface area (Å²) in [5.74, 6) is 0.798. The van der Waals surface area contributed by atoms with Gasteiger partial charge in [0.2, 0.25) is 0 Å². The predicted molar refractivity (Wildman–Crippen MR) is 78.2 cm³/mol. The van der Waals surface area contributed by atoms with Gasteiger partial charge in [0.15, 0.2) is 0 Å². The molecule has 0 unspecified atom stereocenters. The van der Waals surface area contributed by atoms with Crippen LogP contribution in [0.4, 0.5) is 5.69 Å². The van der Waals surface area contributed by atoms with E-state index >= 15 is 0 Å². The summed E-state index contributed by atoms with van der Waals surface area (Å²) >= 11 is 3.65. The van der Waals surface area contributed by atoms with Gasteiger partial charge in [-0.1, -0.05) is 34.1 Å². The molecule has 2 aromatic rings. The number of halogens is 1. The molecule has 1 aliphatic carbocycles. The van der Waals surface area contributed by atoms with Crippen molar-refractivity contribution in [2.24, 2.45) is 5.92 Å². The summed E-state index contributed by atoms with van der Waals surface area (Å²) in [6.07, 6.45) is 4.42. The van der Waals surface area contributed by atoms with Gasteiger partial charge in [0, 0.05) is 23.8 Å². The van der Waals surface area contributed by atoms with Crippen molar-refractivity contribution in [2.75, 3.05) is 18.5 Å². The molecule has 0 amide bonds. The number of hydrogen-bond donors (Lipinski definition) is 0. The Labute approximate surface area is 115 Å². The molecule has 4 heteroatoms. The number of hydrogen-bond acceptors (Lipinski definition) is 3. The largest absolute Gasteiger partial charge is 0.372 e. The van der Waals surface area contributed by atoms with E-state index in [-0.39, 0.29) is 0 Å². The molecule has 0 N–H and O–H groups in total. The van der Waals surface area contributed by atoms with Crippen molar-refractivity contribution in [1.29, 1.82) is 0 Å². The molecule has 1 saturated carbocycles. The maximum absolute atomic E-state index is 4.17. The van der Waals surface area contributed by atoms with Crippen LogP contribution in [0.15, 0.2) is 30.5 Å². The Balaban J connectivity index is 1.84. The van der Waals surface area contributed by atoms with Gasteiger partial charge in [-0.25, -0.2) is 0 Å². The molecule has 1 aliphatic rings. The van der Waals surface area contributed by atoms with Crippen LogP contribution in [0, 0.1) is 5.92 Å². The van der Waals surface area contributed by atoms with E-state index in [4.69, 9.17) is 0 Å². The van der Waals surface area contributed by atoms with Crippen molar-refractivity contribution in [3.8, 4) is 0 Å². The fraction of sp³-hybridized carbons (Fsp3) is 0.429. The van der Waals surface area contributed by atoms with E-state index in [1.54, 1.807) is 0 Å². The fourth-order valence-corrected chi connectivity index (χ4v) is 3.64. The molecule has 1 aromatic heterocycles. The molecule has 1 heterocycles. The van der Waals surface area contributed by atoms with Crippen LogP contribution in [-0.4, -0.2) is 28.6 Å². The molecular formula is C14H16BrN3. The highest BCUT2D eigenvalue weighted by molar-refractivity contribution is 9.09. The van der Waals surface area contributed by atoms with Crippen LogP contribution in [0.3, 0.4) is 0 Å². The van der Waals surface area contributed by atoms with Crippen LogP contribution < -0.4 is 4.90 Å². The molecule has 18 heavy (non-hydrogen) atoms. The lowest BCUT2D eigenvalue weighted by Gasteiger charge is -2.35. The molecule has 0 spiro atoms. The van der Waals surface area contributed by atoms with E-state index in [9.17, 15) is 0 Å². The van der Waals surface area contributed by atoms with Crippen LogP contribution in [0.2, 0.25) is 0 Å². The van der Waals surface area contributed by atoms with Gasteiger partial charge in [-0.15, -0.1) is 0 Å². The molecule has 0 saturated heterocycles. The lowest BCUT2D eigenvalue weighted by molar-refractivity contribution is 0.339. The third-order valence-corrected chi connectivity index (χ3v) is 4.39. The lowest BCUT2D eigenvalue weighted by Crippen LogP contribution is -2.34. The van der Waals surface area contributed by atoms with E-state index in [1.807, 2.05) is 18.3 Å². The van der Waals surface area contributed by atoms with Gasteiger partial charge in [-0.2, -0.15) is 10.2 Å². The van der Waals surface area contributed by atoms with Gasteiger partial charge in [0.05, 0.1) is 17.4 Å². The summed E-state index contributed by atoms with van der Waals surface area (Å²) in [6.45, 7) is 1.10. The Morgan fingerprint density at radius 1 is 1.33 bits per heavy atom. The summed E-state index contributed by atoms with van der Waals surface area (Å²) in [7, 11) is 2.14. The number of fused-ring (bicyclic) bond motifs is 1. The maximum Gasteiger partial charge on any atom is 0.0950 e. The predicted octanol–water partition coefficient (Wildman–Crippen LogP) is 3.24. The second-order valence-corrected chi connectivity index (χ2v) is 6.36. The normalized spacial score (nSPS) is 22.8. The Morgan fingerprint density at radius 2 is 2.11 bits per heavy atom. The third kappa shape index (κ3) is 2.21. The molecule has 0 atom stereocenters. The van der Waals surface area contributed by atoms with Crippen LogP contribution in [0.5, 0.6) is 0 Å². The lowest BCUT2D eigenvalue weighted by atomic mass is 9.85. The molecule has 0 aliphatic heterocycles. The van der Waals surface area contributed by atoms with Crippen LogP contribution >= 0.6 is 15.9 Å². The smallest absolute Gasteiger partial charge is 0.0950 e. The second-order valence-electron chi connectivity index (χ2n) is 5.06. The topological polar surface area (TPSA) is 29.0 Å². The SMILES string of the molecule is CN(CC1CC(Br)C1)c1cnnc2ccccc12. The van der Waals surface area contributed by atoms with Crippen molar-refractivity contribution in [2.45, 2.75) is 17.7 Å². The van der Waals surface area contributed by atoms with Gasteiger partial charge in [0.1, 0.15) is 0 Å². The fourth-order valence-electron chi connectivity index (χ4n) is 2.59. The Bertz CT molecular complexity index is 546. The molecule has 0 radical (unpaired) electrons. The van der Waals surface area contributed by atoms with Crippen LogP contribution in [-0.2, 0) is 0 Å². The minimum atomic E-state index is 0.725. The summed E-state index contributed by atoms with van der Waals surface area (Å²) in [4.78, 5) is 3.03. The first-order valence-electron chi connectivity index (χ1n) is 6.29. The average Bonchev–Trinajstić information content (AvgIpc) is 2.36. The zero-order chi connectivity index (χ0) is 12.5. The first-order valence-corrected chi connectivity index (χ1v) is 7.21. The van der Waals surface area contributed by atoms with E-state index < -0.39 is 0 Å². The molecule has 1 fully saturated rings. The van der Waals surface area contributed by atoms with E-state index in [0.717, 1.165) is 22.8 Å². The zero-order valence-corrected chi connectivity index (χ0v) is 12.0. The first kappa shape index (κ1) is 11.9. The maximum atomic E-state index is 4.17. The number of alkyl halides is 1. The number of rotatable bonds is 3. The Morgan fingerprint density at radius 3 is 2.89 bits per heavy atom. The van der Waals surface area contributed by atoms with Gasteiger partial charge in [-0.05, 0) is 24.8 Å². The molecular weight excluding hydrogens is 290 g/mol. The van der Waals surface area contributed by atoms with Crippen molar-refractivity contribution in [3.05, 3.63) is 30.5 Å². The van der Waals surface area contributed by atoms with Gasteiger partial charge < -0.3 is 4.90 Å². The first-order chi connectivity index (χ1) is 8.74. The Kier molecular flexibility index (Phi) is 3.20. The minimum Gasteiger partial charge on any atom is -0.372 e. The van der Waals surface area contributed by atoms with Gasteiger partial charge in [-0.3, -0.25) is 0 Å². The molecule has 1 aromatic carbocycles. The van der Waals surface area contributed by atoms with Crippen molar-refractivity contribution < 1.29 is 0 Å². The number of aromatic nitrogens is 2. The standard InChI is InChI=1S/C14H16BrN3/c1-18(9-10-6-11(15)7-10)14-8-16-17-13-5-3-2-4-12(13)14/h2-5,8,10-11H,6-7,9H2,1H3. The van der Waals surface area contributed by atoms with Crippen LogP contribution in [0.25, 0.3) is 10.9 Å². The van der Waals surface area contributed by atoms with Gasteiger partial charge >= 0.3 is 0 Å². The molecule has 3 nitrogen and oxygen atoms in total. The monoisotopic (exact) mass is 305 g/mol. The van der Waals surface area contributed by atoms with Crippen molar-refractivity contribution >= 4 is 32.5 Å². The van der Waals surface area contributed by atoms with Crippen LogP contribution in [0.1, 0.15) is 12.8 Å². The highest BCUT2D eigenvalue weighted by Gasteiger charge is 2.28. The number of anilines is 1. The quantitative estimate of drug-likeness (QED) is 0.815. The summed E-state index contributed by atoms with van der Waals surface area (Å²) in [5.41, 5.74) is 2.15. The van der Waals surface area contributed by atoms with Crippen molar-refractivity contribution in [1.82, 2.24) is 10.2 Å². The Hall–Kier alpha value is -1.16. The highest BCUT2D eigenvalue weighted by Crippen LogP contribution is 2.35. The molecule has 0 bridgehead atoms. The van der Waals surface area contributed by atoms with Gasteiger partial charge in [0.25, 0.3) is 0 Å². The van der Waals surface area contributed by atoms with Crippen molar-refractivity contribution in [3.63, 3.8) is 0 Å². The van der Waals surface area contributed by atoms with E-state index in [0.29, 0.717) is 0 Å². The number of benzene rings is 1. The van der Waals surface area contributed by atoms with E-state index in [1.165, 1.54) is 23.9 Å². The summed E-state index contributed by atoms with van der Waals surface area (Å²) < 4.78 is 0. The van der Waals surface area contributed by atoms with E-state index in [2.05, 4.69) is 50.2 Å². The molecule has 94 valence electrons. The number of nitrogens with zero attached hydrogens (tertiary/aromatic N) is 3. The summed E-state index contributed by atoms with van der Waals surface area (Å²) in [5, 5.41) is 9.45. The molecule has 3 rings (SSSR count). The zero-order valence-electron chi connectivity index (χ0n) is 10.4. The highest BCUT2D eigenvalue weighted by atomic mass is 79.9. The summed E-state index contributed by atoms with van der Waals surface area (Å²) in [6, 6.07) is 8.18. The third-order valence-electron chi connectivity index (χ3n) is 3.65. The second kappa shape index (κ2) is 4.84.